The minimum Gasteiger partial charge on any atom is -0.374 e. The predicted octanol–water partition coefficient (Wildman–Crippen LogP) is 0.0339. The zero-order chi connectivity index (χ0) is 14.7. The van der Waals surface area contributed by atoms with E-state index in [2.05, 4.69) is 14.8 Å². The maximum absolute atomic E-state index is 11.7. The fourth-order valence-corrected chi connectivity index (χ4v) is 2.18. The molecule has 19 heavy (non-hydrogen) atoms. The standard InChI is InChI=1S/C10H23F2N3O3S/c1-3-13-5-4-7-15(2)19(16,17)14-6-8-18-9-10(11)12/h10,13-14H,3-9H2,1-2H3. The van der Waals surface area contributed by atoms with Crippen molar-refractivity contribution in [1.29, 1.82) is 0 Å². The van der Waals surface area contributed by atoms with Gasteiger partial charge in [0.2, 0.25) is 0 Å². The minimum absolute atomic E-state index is 0.0212. The summed E-state index contributed by atoms with van der Waals surface area (Å²) in [7, 11) is -2.09. The molecule has 116 valence electrons. The van der Waals surface area contributed by atoms with Crippen molar-refractivity contribution >= 4 is 10.2 Å². The van der Waals surface area contributed by atoms with Crippen LogP contribution in [0.25, 0.3) is 0 Å². The van der Waals surface area contributed by atoms with E-state index in [4.69, 9.17) is 0 Å². The molecule has 0 rings (SSSR count). The van der Waals surface area contributed by atoms with Gasteiger partial charge in [-0.2, -0.15) is 17.4 Å². The highest BCUT2D eigenvalue weighted by Crippen LogP contribution is 1.96. The fourth-order valence-electron chi connectivity index (χ4n) is 1.25. The Morgan fingerprint density at radius 1 is 1.32 bits per heavy atom. The van der Waals surface area contributed by atoms with E-state index in [0.717, 1.165) is 13.1 Å². The number of rotatable bonds is 12. The molecule has 0 saturated heterocycles. The molecule has 9 heteroatoms. The maximum atomic E-state index is 11.7. The number of hydrogen-bond acceptors (Lipinski definition) is 4. The molecule has 6 nitrogen and oxygen atoms in total. The first-order valence-corrected chi connectivity index (χ1v) is 7.61. The van der Waals surface area contributed by atoms with Gasteiger partial charge in [-0.3, -0.25) is 0 Å². The number of nitrogens with zero attached hydrogens (tertiary/aromatic N) is 1. The van der Waals surface area contributed by atoms with E-state index < -0.39 is 23.2 Å². The van der Waals surface area contributed by atoms with E-state index in [1.165, 1.54) is 11.4 Å². The number of alkyl halides is 2. The third kappa shape index (κ3) is 10.1. The highest BCUT2D eigenvalue weighted by Gasteiger charge is 2.16. The molecule has 0 atom stereocenters. The van der Waals surface area contributed by atoms with Crippen molar-refractivity contribution in [1.82, 2.24) is 14.3 Å². The lowest BCUT2D eigenvalue weighted by Crippen LogP contribution is -2.40. The summed E-state index contributed by atoms with van der Waals surface area (Å²) in [6.45, 7) is 3.17. The van der Waals surface area contributed by atoms with Gasteiger partial charge in [-0.25, -0.2) is 8.78 Å². The molecule has 0 aliphatic heterocycles. The zero-order valence-electron chi connectivity index (χ0n) is 11.4. The highest BCUT2D eigenvalue weighted by molar-refractivity contribution is 7.87. The van der Waals surface area contributed by atoms with Crippen LogP contribution in [0.3, 0.4) is 0 Å². The quantitative estimate of drug-likeness (QED) is 0.499. The SMILES string of the molecule is CCNCCCN(C)S(=O)(=O)NCCOCC(F)F. The van der Waals surface area contributed by atoms with E-state index in [1.54, 1.807) is 0 Å². The first-order valence-electron chi connectivity index (χ1n) is 6.17. The van der Waals surface area contributed by atoms with Crippen molar-refractivity contribution in [2.45, 2.75) is 19.8 Å². The van der Waals surface area contributed by atoms with Crippen LogP contribution in [0.1, 0.15) is 13.3 Å². The summed E-state index contributed by atoms with van der Waals surface area (Å²) in [4.78, 5) is 0. The first kappa shape index (κ1) is 18.7. The van der Waals surface area contributed by atoms with E-state index in [9.17, 15) is 17.2 Å². The molecule has 0 unspecified atom stereocenters. The van der Waals surface area contributed by atoms with Crippen LogP contribution in [0.2, 0.25) is 0 Å². The van der Waals surface area contributed by atoms with Crippen LogP contribution in [-0.4, -0.2) is 65.6 Å². The second-order valence-corrected chi connectivity index (χ2v) is 5.76. The van der Waals surface area contributed by atoms with Crippen LogP contribution in [0, 0.1) is 0 Å². The summed E-state index contributed by atoms with van der Waals surface area (Å²) in [5, 5.41) is 3.09. The summed E-state index contributed by atoms with van der Waals surface area (Å²) >= 11 is 0. The molecule has 0 fully saturated rings. The summed E-state index contributed by atoms with van der Waals surface area (Å²) in [6.07, 6.45) is -1.84. The van der Waals surface area contributed by atoms with Crippen molar-refractivity contribution in [3.8, 4) is 0 Å². The van der Waals surface area contributed by atoms with Crippen LogP contribution >= 0.6 is 0 Å². The second kappa shape index (κ2) is 10.4. The van der Waals surface area contributed by atoms with Gasteiger partial charge in [0.05, 0.1) is 6.61 Å². The Bertz CT molecular complexity index is 315. The van der Waals surface area contributed by atoms with Crippen LogP contribution < -0.4 is 10.0 Å². The fraction of sp³-hybridized carbons (Fsp3) is 1.00. The normalized spacial score (nSPS) is 12.5. The molecular formula is C10H23F2N3O3S. The molecule has 0 heterocycles. The molecule has 0 amide bonds. The predicted molar refractivity (Wildman–Crippen MR) is 69.5 cm³/mol. The molecule has 0 bridgehead atoms. The Morgan fingerprint density at radius 3 is 2.58 bits per heavy atom. The monoisotopic (exact) mass is 303 g/mol. The van der Waals surface area contributed by atoms with Crippen molar-refractivity contribution in [2.75, 3.05) is 46.4 Å². The van der Waals surface area contributed by atoms with Gasteiger partial charge in [0.15, 0.2) is 0 Å². The molecule has 0 aromatic rings. The third-order valence-electron chi connectivity index (χ3n) is 2.26. The number of hydrogen-bond donors (Lipinski definition) is 2. The van der Waals surface area contributed by atoms with Gasteiger partial charge in [0.25, 0.3) is 16.6 Å². The van der Waals surface area contributed by atoms with Gasteiger partial charge < -0.3 is 10.1 Å². The molecule has 0 spiro atoms. The maximum Gasteiger partial charge on any atom is 0.279 e. The van der Waals surface area contributed by atoms with Crippen LogP contribution in [0.15, 0.2) is 0 Å². The molecule has 0 saturated carbocycles. The van der Waals surface area contributed by atoms with Gasteiger partial charge >= 0.3 is 0 Å². The Hall–Kier alpha value is -0.350. The molecule has 0 aromatic carbocycles. The van der Waals surface area contributed by atoms with Crippen LogP contribution in [-0.2, 0) is 14.9 Å². The molecule has 2 N–H and O–H groups in total. The minimum atomic E-state index is -3.56. The van der Waals surface area contributed by atoms with E-state index in [0.29, 0.717) is 13.0 Å². The van der Waals surface area contributed by atoms with Crippen molar-refractivity contribution in [3.05, 3.63) is 0 Å². The van der Waals surface area contributed by atoms with Gasteiger partial charge in [-0.05, 0) is 19.5 Å². The summed E-state index contributed by atoms with van der Waals surface area (Å²) < 4.78 is 54.9. The lowest BCUT2D eigenvalue weighted by atomic mass is 10.4. The Labute approximate surface area is 113 Å². The number of ether oxygens (including phenoxy) is 1. The highest BCUT2D eigenvalue weighted by atomic mass is 32.2. The molecule has 0 aliphatic carbocycles. The van der Waals surface area contributed by atoms with Gasteiger partial charge in [-0.1, -0.05) is 6.92 Å². The van der Waals surface area contributed by atoms with Crippen molar-refractivity contribution < 1.29 is 21.9 Å². The first-order chi connectivity index (χ1) is 8.90. The Kier molecular flexibility index (Phi) is 10.2. The average molecular weight is 303 g/mol. The van der Waals surface area contributed by atoms with E-state index >= 15 is 0 Å². The largest absolute Gasteiger partial charge is 0.374 e. The Morgan fingerprint density at radius 2 is 2.00 bits per heavy atom. The second-order valence-electron chi connectivity index (χ2n) is 3.89. The molecule has 0 radical (unpaired) electrons. The lowest BCUT2D eigenvalue weighted by molar-refractivity contribution is 0.0198. The lowest BCUT2D eigenvalue weighted by Gasteiger charge is -2.17. The van der Waals surface area contributed by atoms with Crippen molar-refractivity contribution in [3.63, 3.8) is 0 Å². The molecular weight excluding hydrogens is 280 g/mol. The topological polar surface area (TPSA) is 70.7 Å². The molecule has 0 aliphatic rings. The van der Waals surface area contributed by atoms with Gasteiger partial charge in [0.1, 0.15) is 6.61 Å². The number of halogens is 2. The zero-order valence-corrected chi connectivity index (χ0v) is 12.2. The summed E-state index contributed by atoms with van der Waals surface area (Å²) in [5.41, 5.74) is 0. The van der Waals surface area contributed by atoms with Gasteiger partial charge in [-0.15, -0.1) is 0 Å². The van der Waals surface area contributed by atoms with E-state index in [1.807, 2.05) is 6.92 Å². The van der Waals surface area contributed by atoms with Crippen LogP contribution in [0.4, 0.5) is 8.78 Å². The van der Waals surface area contributed by atoms with Crippen molar-refractivity contribution in [2.24, 2.45) is 0 Å². The molecule has 0 aromatic heterocycles. The summed E-state index contributed by atoms with van der Waals surface area (Å²) in [6, 6.07) is 0. The summed E-state index contributed by atoms with van der Waals surface area (Å²) in [5.74, 6) is 0. The van der Waals surface area contributed by atoms with Gasteiger partial charge in [0, 0.05) is 20.1 Å². The van der Waals surface area contributed by atoms with Crippen LogP contribution in [0.5, 0.6) is 0 Å². The Balaban J connectivity index is 3.77. The number of nitrogens with one attached hydrogen (secondary N) is 2. The third-order valence-corrected chi connectivity index (χ3v) is 3.83. The van der Waals surface area contributed by atoms with E-state index in [-0.39, 0.29) is 13.2 Å². The smallest absolute Gasteiger partial charge is 0.279 e. The average Bonchev–Trinajstić information content (AvgIpc) is 2.33.